The zero-order chi connectivity index (χ0) is 29.2. The topological polar surface area (TPSA) is 105 Å². The molecule has 10 heteroatoms. The van der Waals surface area contributed by atoms with E-state index in [1.165, 1.54) is 4.90 Å². The van der Waals surface area contributed by atoms with Crippen molar-refractivity contribution in [2.45, 2.75) is 38.8 Å². The summed E-state index contributed by atoms with van der Waals surface area (Å²) in [6.07, 6.45) is 3.05. The molecule has 0 bridgehead atoms. The zero-order valence-electron chi connectivity index (χ0n) is 23.5. The average Bonchev–Trinajstić information content (AvgIpc) is 2.98. The lowest BCUT2D eigenvalue weighted by molar-refractivity contribution is -0.140. The Hall–Kier alpha value is -4.05. The summed E-state index contributed by atoms with van der Waals surface area (Å²) in [4.78, 5) is 29.2. The monoisotopic (exact) mass is 579 g/mol. The Bertz CT molecular complexity index is 1420. The molecule has 1 atom stereocenters. The number of sulfonamides is 1. The van der Waals surface area contributed by atoms with Crippen LogP contribution in [0.5, 0.6) is 11.5 Å². The molecule has 0 aliphatic carbocycles. The van der Waals surface area contributed by atoms with E-state index in [1.807, 2.05) is 67.6 Å². The predicted octanol–water partition coefficient (Wildman–Crippen LogP) is 3.78. The molecule has 9 nitrogen and oxygen atoms in total. The van der Waals surface area contributed by atoms with E-state index in [-0.39, 0.29) is 24.6 Å². The molecule has 2 amide bonds. The molecule has 41 heavy (non-hydrogen) atoms. The number of fused-ring (bicyclic) bond motifs is 1. The lowest BCUT2D eigenvalue weighted by Crippen LogP contribution is -2.53. The maximum Gasteiger partial charge on any atom is 0.244 e. The first-order valence-corrected chi connectivity index (χ1v) is 15.6. The van der Waals surface area contributed by atoms with E-state index in [9.17, 15) is 18.0 Å². The fraction of sp³-hybridized carbons (Fsp3) is 0.355. The number of unbranched alkanes of at least 4 members (excludes halogenated alkanes) is 1. The summed E-state index contributed by atoms with van der Waals surface area (Å²) in [5.41, 5.74) is 1.99. The van der Waals surface area contributed by atoms with Crippen molar-refractivity contribution < 1.29 is 27.5 Å². The van der Waals surface area contributed by atoms with Crippen LogP contribution in [0, 0.1) is 0 Å². The molecule has 1 aliphatic rings. The Kier molecular flexibility index (Phi) is 10.2. The van der Waals surface area contributed by atoms with Gasteiger partial charge in [-0.15, -0.1) is 0 Å². The molecule has 0 unspecified atom stereocenters. The number of carbonyl (C=O) groups is 2. The lowest BCUT2D eigenvalue weighted by atomic mass is 10.0. The van der Waals surface area contributed by atoms with Crippen LogP contribution in [0.2, 0.25) is 0 Å². The van der Waals surface area contributed by atoms with Crippen molar-refractivity contribution in [3.8, 4) is 11.5 Å². The second kappa shape index (κ2) is 14.0. The van der Waals surface area contributed by atoms with Crippen LogP contribution in [0.3, 0.4) is 0 Å². The number of hydrogen-bond donors (Lipinski definition) is 1. The quantitative estimate of drug-likeness (QED) is 0.309. The number of hydrogen-bond acceptors (Lipinski definition) is 6. The first-order valence-electron chi connectivity index (χ1n) is 13.8. The molecule has 1 aliphatic heterocycles. The van der Waals surface area contributed by atoms with Gasteiger partial charge >= 0.3 is 0 Å². The summed E-state index contributed by atoms with van der Waals surface area (Å²) in [6.45, 7) is 2.92. The van der Waals surface area contributed by atoms with E-state index in [0.29, 0.717) is 31.3 Å². The Morgan fingerprint density at radius 1 is 0.902 bits per heavy atom. The summed E-state index contributed by atoms with van der Waals surface area (Å²) in [5, 5.41) is 2.98. The van der Waals surface area contributed by atoms with Crippen LogP contribution in [0.25, 0.3) is 0 Å². The van der Waals surface area contributed by atoms with Crippen LogP contribution in [0.15, 0.2) is 78.9 Å². The molecule has 0 spiro atoms. The van der Waals surface area contributed by atoms with Crippen molar-refractivity contribution in [2.24, 2.45) is 0 Å². The number of rotatable bonds is 13. The molecule has 3 aromatic carbocycles. The third-order valence-electron chi connectivity index (χ3n) is 6.79. The number of ether oxygens (including phenoxy) is 2. The fourth-order valence-corrected chi connectivity index (χ4v) is 5.48. The number of carbonyl (C=O) groups excluding carboxylic acids is 2. The fourth-order valence-electron chi connectivity index (χ4n) is 4.64. The minimum Gasteiger partial charge on any atom is -0.486 e. The van der Waals surface area contributed by atoms with Gasteiger partial charge in [0.15, 0.2) is 11.5 Å². The molecule has 3 aromatic rings. The van der Waals surface area contributed by atoms with Gasteiger partial charge in [0.2, 0.25) is 21.8 Å². The zero-order valence-corrected chi connectivity index (χ0v) is 24.3. The summed E-state index contributed by atoms with van der Waals surface area (Å²) in [7, 11) is -3.88. The molecule has 0 radical (unpaired) electrons. The van der Waals surface area contributed by atoms with Gasteiger partial charge < -0.3 is 19.7 Å². The molecule has 4 rings (SSSR count). The van der Waals surface area contributed by atoms with Gasteiger partial charge in [-0.05, 0) is 29.7 Å². The van der Waals surface area contributed by atoms with E-state index >= 15 is 0 Å². The Balaban J connectivity index is 1.69. The third-order valence-corrected chi connectivity index (χ3v) is 7.93. The SMILES string of the molecule is CCCCNC(=O)[C@H](Cc1ccccc1)N(Cc1ccccc1)C(=O)CN(c1ccc2c(c1)OCCO2)S(C)(=O)=O. The number of nitrogens with zero attached hydrogens (tertiary/aromatic N) is 2. The molecule has 0 fully saturated rings. The Morgan fingerprint density at radius 2 is 1.54 bits per heavy atom. The lowest BCUT2D eigenvalue weighted by Gasteiger charge is -2.33. The number of anilines is 1. The van der Waals surface area contributed by atoms with Crippen molar-refractivity contribution in [1.82, 2.24) is 10.2 Å². The van der Waals surface area contributed by atoms with Gasteiger partial charge in [0.1, 0.15) is 25.8 Å². The summed E-state index contributed by atoms with van der Waals surface area (Å²) >= 11 is 0. The molecule has 0 saturated carbocycles. The van der Waals surface area contributed by atoms with Gasteiger partial charge in [-0.3, -0.25) is 13.9 Å². The summed E-state index contributed by atoms with van der Waals surface area (Å²) in [5.74, 6) is 0.142. The first-order chi connectivity index (χ1) is 19.8. The normalized spacial score (nSPS) is 13.2. The molecule has 1 N–H and O–H groups in total. The predicted molar refractivity (Wildman–Crippen MR) is 158 cm³/mol. The second-order valence-electron chi connectivity index (χ2n) is 9.95. The maximum atomic E-state index is 14.1. The van der Waals surface area contributed by atoms with Crippen molar-refractivity contribution >= 4 is 27.5 Å². The van der Waals surface area contributed by atoms with Crippen molar-refractivity contribution in [2.75, 3.05) is 36.9 Å². The summed E-state index contributed by atoms with van der Waals surface area (Å²) in [6, 6.07) is 22.8. The number of nitrogens with one attached hydrogen (secondary N) is 1. The minimum absolute atomic E-state index is 0.136. The maximum absolute atomic E-state index is 14.1. The third kappa shape index (κ3) is 8.23. The highest BCUT2D eigenvalue weighted by Crippen LogP contribution is 2.34. The largest absolute Gasteiger partial charge is 0.486 e. The standard InChI is InChI=1S/C31H37N3O6S/c1-3-4-17-32-31(36)27(20-24-11-7-5-8-12-24)33(22-25-13-9-6-10-14-25)30(35)23-34(41(2,37)38)26-15-16-28-29(21-26)40-19-18-39-28/h5-16,21,27H,3-4,17-20,22-23H2,1-2H3,(H,32,36)/t27-/m0/s1. The average molecular weight is 580 g/mol. The highest BCUT2D eigenvalue weighted by atomic mass is 32.2. The minimum atomic E-state index is -3.88. The molecule has 0 aromatic heterocycles. The van der Waals surface area contributed by atoms with Gasteiger partial charge in [0.05, 0.1) is 11.9 Å². The molecular formula is C31H37N3O6S. The Labute approximate surface area is 242 Å². The Morgan fingerprint density at radius 3 is 2.17 bits per heavy atom. The molecule has 218 valence electrons. The van der Waals surface area contributed by atoms with Gasteiger partial charge in [-0.1, -0.05) is 74.0 Å². The van der Waals surface area contributed by atoms with E-state index in [2.05, 4.69) is 5.32 Å². The van der Waals surface area contributed by atoms with E-state index in [4.69, 9.17) is 9.47 Å². The van der Waals surface area contributed by atoms with Gasteiger partial charge in [-0.25, -0.2) is 8.42 Å². The van der Waals surface area contributed by atoms with Crippen LogP contribution in [0.1, 0.15) is 30.9 Å². The second-order valence-corrected chi connectivity index (χ2v) is 11.9. The van der Waals surface area contributed by atoms with E-state index in [1.54, 1.807) is 18.2 Å². The highest BCUT2D eigenvalue weighted by Gasteiger charge is 2.33. The van der Waals surface area contributed by atoms with Gasteiger partial charge in [0.25, 0.3) is 0 Å². The van der Waals surface area contributed by atoms with Crippen LogP contribution >= 0.6 is 0 Å². The van der Waals surface area contributed by atoms with Crippen LogP contribution < -0.4 is 19.1 Å². The molecular weight excluding hydrogens is 542 g/mol. The number of benzene rings is 3. The molecule has 0 saturated heterocycles. The van der Waals surface area contributed by atoms with E-state index < -0.39 is 28.5 Å². The van der Waals surface area contributed by atoms with Crippen molar-refractivity contribution in [3.63, 3.8) is 0 Å². The van der Waals surface area contributed by atoms with Crippen molar-refractivity contribution in [1.29, 1.82) is 0 Å². The van der Waals surface area contributed by atoms with Crippen LogP contribution in [-0.2, 0) is 32.6 Å². The van der Waals surface area contributed by atoms with Crippen LogP contribution in [0.4, 0.5) is 5.69 Å². The molecule has 1 heterocycles. The van der Waals surface area contributed by atoms with E-state index in [0.717, 1.165) is 34.5 Å². The first kappa shape index (κ1) is 29.9. The number of amides is 2. The van der Waals surface area contributed by atoms with Gasteiger partial charge in [0, 0.05) is 25.6 Å². The van der Waals surface area contributed by atoms with Crippen molar-refractivity contribution in [3.05, 3.63) is 90.0 Å². The smallest absolute Gasteiger partial charge is 0.244 e. The van der Waals surface area contributed by atoms with Gasteiger partial charge in [-0.2, -0.15) is 0 Å². The van der Waals surface area contributed by atoms with Crippen LogP contribution in [-0.4, -0.2) is 63.7 Å². The highest BCUT2D eigenvalue weighted by molar-refractivity contribution is 7.92. The summed E-state index contributed by atoms with van der Waals surface area (Å²) < 4.78 is 38.2.